The molecule has 5 heteroatoms. The molecule has 1 aromatic carbocycles. The van der Waals surface area contributed by atoms with E-state index in [2.05, 4.69) is 36.5 Å². The van der Waals surface area contributed by atoms with Gasteiger partial charge in [0.2, 0.25) is 0 Å². The second kappa shape index (κ2) is 4.42. The summed E-state index contributed by atoms with van der Waals surface area (Å²) in [6, 6.07) is 9.01. The summed E-state index contributed by atoms with van der Waals surface area (Å²) in [5.41, 5.74) is 0.151. The maximum Gasteiger partial charge on any atom is 0.352 e. The number of para-hydroxylation sites is 1. The van der Waals surface area contributed by atoms with E-state index >= 15 is 0 Å². The first-order valence-electron chi connectivity index (χ1n) is 8.82. The zero-order chi connectivity index (χ0) is 16.7. The van der Waals surface area contributed by atoms with Crippen molar-refractivity contribution >= 4 is 0 Å². The average Bonchev–Trinajstić information content (AvgIpc) is 2.85. The zero-order valence-corrected chi connectivity index (χ0v) is 13.5. The number of fused-ring (bicyclic) bond motifs is 2. The topological polar surface area (TPSA) is 48.9 Å². The van der Waals surface area contributed by atoms with Crippen LogP contribution >= 0.6 is 0 Å². The Morgan fingerprint density at radius 3 is 1.56 bits per heavy atom. The highest BCUT2D eigenvalue weighted by Crippen LogP contribution is 2.53. The highest BCUT2D eigenvalue weighted by Gasteiger charge is 2.49. The summed E-state index contributed by atoms with van der Waals surface area (Å²) in [6.45, 7) is 0. The van der Waals surface area contributed by atoms with Gasteiger partial charge in [-0.2, -0.15) is 0 Å². The summed E-state index contributed by atoms with van der Waals surface area (Å²) in [7, 11) is 0. The van der Waals surface area contributed by atoms with Gasteiger partial charge in [-0.25, -0.2) is 23.5 Å². The molecule has 124 valence electrons. The quantitative estimate of drug-likeness (QED) is 0.751. The van der Waals surface area contributed by atoms with Gasteiger partial charge in [0, 0.05) is 11.8 Å². The third-order valence-electron chi connectivity index (χ3n) is 6.32. The molecule has 0 spiro atoms. The van der Waals surface area contributed by atoms with Gasteiger partial charge in [-0.15, -0.1) is 0 Å². The van der Waals surface area contributed by atoms with Crippen molar-refractivity contribution in [3.05, 3.63) is 87.8 Å². The lowest BCUT2D eigenvalue weighted by atomic mass is 9.59. The van der Waals surface area contributed by atoms with Crippen LogP contribution in [0.4, 0.5) is 0 Å². The molecule has 2 aliphatic heterocycles. The molecule has 6 atom stereocenters. The second-order valence-electron chi connectivity index (χ2n) is 7.37. The Hall–Kier alpha value is -2.82. The monoisotopic (exact) mass is 331 g/mol. The first-order chi connectivity index (χ1) is 12.3. The lowest BCUT2D eigenvalue weighted by molar-refractivity contribution is 0.118. The second-order valence-corrected chi connectivity index (χ2v) is 7.37. The molecule has 0 N–H and O–H groups in total. The van der Waals surface area contributed by atoms with Crippen LogP contribution in [0.15, 0.2) is 76.4 Å². The highest BCUT2D eigenvalue weighted by atomic mass is 16.2. The zero-order valence-electron chi connectivity index (χ0n) is 13.5. The van der Waals surface area contributed by atoms with E-state index < -0.39 is 0 Å². The van der Waals surface area contributed by atoms with Crippen molar-refractivity contribution in [1.29, 1.82) is 0 Å². The molecular weight excluding hydrogens is 314 g/mol. The molecule has 2 aliphatic carbocycles. The Morgan fingerprint density at radius 2 is 1.08 bits per heavy atom. The van der Waals surface area contributed by atoms with Crippen LogP contribution < -0.4 is 11.4 Å². The van der Waals surface area contributed by atoms with Crippen LogP contribution in [-0.2, 0) is 0 Å². The molecule has 0 fully saturated rings. The third kappa shape index (κ3) is 1.50. The number of hydrogen-bond acceptors (Lipinski definition) is 2. The van der Waals surface area contributed by atoms with E-state index in [4.69, 9.17) is 0 Å². The lowest BCUT2D eigenvalue weighted by Gasteiger charge is -2.50. The van der Waals surface area contributed by atoms with Gasteiger partial charge >= 0.3 is 11.4 Å². The molecule has 0 unspecified atom stereocenters. The Morgan fingerprint density at radius 1 is 0.600 bits per heavy atom. The van der Waals surface area contributed by atoms with Crippen LogP contribution in [-0.4, -0.2) is 13.9 Å². The van der Waals surface area contributed by atoms with Gasteiger partial charge in [-0.05, 0) is 24.0 Å². The third-order valence-corrected chi connectivity index (χ3v) is 6.32. The van der Waals surface area contributed by atoms with Crippen molar-refractivity contribution < 1.29 is 0 Å². The number of benzene rings is 1. The fraction of sp³-hybridized carbons (Fsp3) is 0.300. The van der Waals surface area contributed by atoms with Crippen molar-refractivity contribution in [2.24, 2.45) is 23.7 Å². The maximum absolute atomic E-state index is 13.2. The van der Waals surface area contributed by atoms with E-state index in [9.17, 15) is 9.59 Å². The first-order valence-corrected chi connectivity index (χ1v) is 8.82. The molecule has 0 saturated carbocycles. The van der Waals surface area contributed by atoms with Gasteiger partial charge in [0.05, 0.1) is 17.8 Å². The molecular formula is C20H17N3O2. The number of nitrogens with zero attached hydrogens (tertiary/aromatic N) is 3. The predicted octanol–water partition coefficient (Wildman–Crippen LogP) is 2.07. The van der Waals surface area contributed by atoms with Crippen LogP contribution in [0, 0.1) is 23.7 Å². The van der Waals surface area contributed by atoms with E-state index in [-0.39, 0.29) is 35.3 Å². The van der Waals surface area contributed by atoms with Gasteiger partial charge in [-0.1, -0.05) is 54.7 Å². The minimum Gasteiger partial charge on any atom is -0.245 e. The number of hydrogen-bond donors (Lipinski definition) is 0. The van der Waals surface area contributed by atoms with Crippen LogP contribution in [0.1, 0.15) is 12.1 Å². The highest BCUT2D eigenvalue weighted by molar-refractivity contribution is 5.33. The Kier molecular flexibility index (Phi) is 2.38. The van der Waals surface area contributed by atoms with E-state index in [1.54, 1.807) is 9.36 Å². The minimum atomic E-state index is -0.239. The summed E-state index contributed by atoms with van der Waals surface area (Å²) in [5, 5.41) is 0. The number of rotatable bonds is 1. The molecule has 4 aliphatic rings. The largest absolute Gasteiger partial charge is 0.352 e. The molecule has 5 nitrogen and oxygen atoms in total. The molecule has 1 aromatic heterocycles. The van der Waals surface area contributed by atoms with Crippen LogP contribution in [0.2, 0.25) is 0 Å². The van der Waals surface area contributed by atoms with Crippen LogP contribution in [0.5, 0.6) is 0 Å². The average molecular weight is 331 g/mol. The van der Waals surface area contributed by atoms with Gasteiger partial charge in [-0.3, -0.25) is 0 Å². The van der Waals surface area contributed by atoms with Crippen LogP contribution in [0.3, 0.4) is 0 Å². The number of aromatic nitrogens is 3. The fourth-order valence-electron chi connectivity index (χ4n) is 5.12. The normalized spacial score (nSPS) is 35.8. The summed E-state index contributed by atoms with van der Waals surface area (Å²) < 4.78 is 4.71. The van der Waals surface area contributed by atoms with E-state index in [1.807, 2.05) is 30.3 Å². The summed E-state index contributed by atoms with van der Waals surface area (Å²) in [4.78, 5) is 26.4. The lowest BCUT2D eigenvalue weighted by Crippen LogP contribution is -2.50. The Labute approximate surface area is 143 Å². The number of allylic oxidation sites excluding steroid dienone is 6. The predicted molar refractivity (Wildman–Crippen MR) is 93.7 cm³/mol. The molecule has 4 bridgehead atoms. The minimum absolute atomic E-state index is 0.101. The van der Waals surface area contributed by atoms with Gasteiger partial charge in [0.1, 0.15) is 0 Å². The van der Waals surface area contributed by atoms with Crippen molar-refractivity contribution in [3.63, 3.8) is 0 Å². The molecule has 25 heavy (non-hydrogen) atoms. The molecule has 0 amide bonds. The summed E-state index contributed by atoms with van der Waals surface area (Å²) in [5.74, 6) is 1.42. The van der Waals surface area contributed by atoms with Crippen molar-refractivity contribution in [2.75, 3.05) is 0 Å². The van der Waals surface area contributed by atoms with Crippen molar-refractivity contribution in [2.45, 2.75) is 12.1 Å². The van der Waals surface area contributed by atoms with Gasteiger partial charge in [0.15, 0.2) is 0 Å². The summed E-state index contributed by atoms with van der Waals surface area (Å²) >= 11 is 0. The molecule has 0 saturated heterocycles. The Bertz CT molecular complexity index is 1020. The fourth-order valence-corrected chi connectivity index (χ4v) is 5.12. The van der Waals surface area contributed by atoms with Crippen molar-refractivity contribution in [1.82, 2.24) is 13.9 Å². The molecule has 3 heterocycles. The molecule has 6 rings (SSSR count). The van der Waals surface area contributed by atoms with Crippen molar-refractivity contribution in [3.8, 4) is 5.69 Å². The maximum atomic E-state index is 13.2. The standard InChI is InChI=1S/C20H17N3O2/c24-19-21(12-4-2-1-3-5-12)20(25)23-18-11-10-17(22(19)23)15-8-9-16(18)14-7-6-13(14)15/h1-11,13-18H/t13-,14-,15+,16+,17+,18+/m0/s1. The first kappa shape index (κ1) is 13.5. The van der Waals surface area contributed by atoms with Gasteiger partial charge < -0.3 is 0 Å². The van der Waals surface area contributed by atoms with E-state index in [0.29, 0.717) is 17.5 Å². The summed E-state index contributed by atoms with van der Waals surface area (Å²) in [6.07, 6.45) is 13.3. The Balaban J connectivity index is 1.66. The molecule has 2 aromatic rings. The van der Waals surface area contributed by atoms with E-state index in [1.165, 1.54) is 4.57 Å². The van der Waals surface area contributed by atoms with Crippen LogP contribution in [0.25, 0.3) is 5.69 Å². The van der Waals surface area contributed by atoms with Gasteiger partial charge in [0.25, 0.3) is 0 Å². The SMILES string of the molecule is O=c1n(-c2ccccc2)c(=O)n2n1[C@@H]1C=C[C@@H]2[C@@H]2C=C[C@@H]1[C@H]1C=C[C@@H]12. The van der Waals surface area contributed by atoms with E-state index in [0.717, 1.165) is 0 Å². The molecule has 0 radical (unpaired) electrons. The smallest absolute Gasteiger partial charge is 0.245 e.